The van der Waals surface area contributed by atoms with Crippen LogP contribution in [0.1, 0.15) is 36.8 Å². The van der Waals surface area contributed by atoms with Crippen LogP contribution in [0.15, 0.2) is 75.9 Å². The smallest absolute Gasteiger partial charge is 0.257 e. The van der Waals surface area contributed by atoms with Gasteiger partial charge in [0, 0.05) is 44.1 Å². The van der Waals surface area contributed by atoms with Crippen LogP contribution in [0.3, 0.4) is 0 Å². The Morgan fingerprint density at radius 3 is 2.55 bits per heavy atom. The standard InChI is InChI=1S/C38H32Br2ClFIN5O5/c1-51-33-18-32-26(37(46-20-45-32)47-23-7-8-30(42)29(41)16-23)17-34(33)52-11-5-3-2-4-10-44-35(49)19-53-36-27(39)13-21(14-28(36)40)12-25-24-15-22(43)6-9-31(24)48-38(25)50/h6-9,12-18,20H,2-5,10-11,19H2,1H3,(H,44,49)(H,48,50)(H,45,46,47)/b25-12-. The number of aromatic nitrogens is 2. The zero-order valence-electron chi connectivity index (χ0n) is 28.2. The minimum Gasteiger partial charge on any atom is -0.493 e. The van der Waals surface area contributed by atoms with Crippen LogP contribution in [-0.2, 0) is 9.59 Å². The van der Waals surface area contributed by atoms with Crippen molar-refractivity contribution in [3.05, 3.63) is 101 Å². The summed E-state index contributed by atoms with van der Waals surface area (Å²) < 4.78 is 33.4. The third kappa shape index (κ3) is 9.77. The molecule has 0 saturated heterocycles. The molecule has 0 unspecified atom stereocenters. The molecule has 10 nitrogen and oxygen atoms in total. The molecule has 0 fully saturated rings. The Balaban J connectivity index is 0.930. The van der Waals surface area contributed by atoms with Crippen molar-refractivity contribution in [1.29, 1.82) is 0 Å². The molecule has 0 atom stereocenters. The molecule has 5 aromatic rings. The van der Waals surface area contributed by atoms with Gasteiger partial charge < -0.3 is 30.2 Å². The van der Waals surface area contributed by atoms with E-state index in [9.17, 15) is 14.0 Å². The highest BCUT2D eigenvalue weighted by atomic mass is 127. The molecule has 1 aliphatic rings. The van der Waals surface area contributed by atoms with Crippen LogP contribution in [0.2, 0.25) is 5.02 Å². The van der Waals surface area contributed by atoms with Crippen LogP contribution >= 0.6 is 66.1 Å². The normalized spacial score (nSPS) is 12.8. The minimum atomic E-state index is -0.504. The van der Waals surface area contributed by atoms with Gasteiger partial charge in [0.1, 0.15) is 23.7 Å². The highest BCUT2D eigenvalue weighted by Gasteiger charge is 2.24. The summed E-state index contributed by atoms with van der Waals surface area (Å²) in [7, 11) is 1.57. The van der Waals surface area contributed by atoms with Crippen molar-refractivity contribution in [3.8, 4) is 17.2 Å². The first kappa shape index (κ1) is 38.7. The lowest BCUT2D eigenvalue weighted by Gasteiger charge is -2.14. The first-order valence-corrected chi connectivity index (χ1v) is 19.5. The van der Waals surface area contributed by atoms with Gasteiger partial charge >= 0.3 is 0 Å². The van der Waals surface area contributed by atoms with Crippen LogP contribution in [-0.4, -0.2) is 48.7 Å². The summed E-state index contributed by atoms with van der Waals surface area (Å²) >= 11 is 15.3. The second-order valence-electron chi connectivity index (χ2n) is 11.9. The number of fused-ring (bicyclic) bond motifs is 2. The van der Waals surface area contributed by atoms with Crippen molar-refractivity contribution in [1.82, 2.24) is 15.3 Å². The molecule has 2 heterocycles. The van der Waals surface area contributed by atoms with Gasteiger partial charge in [-0.3, -0.25) is 9.59 Å². The third-order valence-electron chi connectivity index (χ3n) is 8.20. The van der Waals surface area contributed by atoms with Crippen molar-refractivity contribution in [2.45, 2.75) is 25.7 Å². The maximum atomic E-state index is 13.6. The molecule has 0 spiro atoms. The molecule has 274 valence electrons. The monoisotopic (exact) mass is 977 g/mol. The number of nitrogens with zero attached hydrogens (tertiary/aromatic N) is 2. The first-order chi connectivity index (χ1) is 25.6. The van der Waals surface area contributed by atoms with Crippen LogP contribution in [0.4, 0.5) is 21.6 Å². The first-order valence-electron chi connectivity index (χ1n) is 16.5. The molecular formula is C38H32Br2ClFIN5O5. The van der Waals surface area contributed by atoms with Gasteiger partial charge in [-0.05, 0) is 134 Å². The predicted octanol–water partition coefficient (Wildman–Crippen LogP) is 9.93. The van der Waals surface area contributed by atoms with E-state index >= 15 is 0 Å². The second-order valence-corrected chi connectivity index (χ2v) is 15.3. The summed E-state index contributed by atoms with van der Waals surface area (Å²) in [6.45, 7) is 0.840. The van der Waals surface area contributed by atoms with Gasteiger partial charge in [-0.15, -0.1) is 0 Å². The molecular weight excluding hydrogens is 948 g/mol. The Morgan fingerprint density at radius 2 is 1.77 bits per heavy atom. The molecule has 15 heteroatoms. The van der Waals surface area contributed by atoms with Gasteiger partial charge in [-0.2, -0.15) is 0 Å². The number of carbonyl (C=O) groups is 2. The van der Waals surface area contributed by atoms with E-state index in [-0.39, 0.29) is 23.4 Å². The summed E-state index contributed by atoms with van der Waals surface area (Å²) in [5.74, 6) is 1.22. The second kappa shape index (κ2) is 17.9. The number of nitrogens with one attached hydrogen (secondary N) is 3. The number of ether oxygens (including phenoxy) is 3. The number of amides is 2. The van der Waals surface area contributed by atoms with Gasteiger partial charge in [-0.25, -0.2) is 14.4 Å². The maximum absolute atomic E-state index is 13.6. The van der Waals surface area contributed by atoms with Gasteiger partial charge in [0.2, 0.25) is 0 Å². The van der Waals surface area contributed by atoms with Crippen LogP contribution in [0, 0.1) is 9.39 Å². The number of benzene rings is 4. The lowest BCUT2D eigenvalue weighted by Crippen LogP contribution is -2.29. The SMILES string of the molecule is COc1cc2ncnc(Nc3ccc(F)c(Cl)c3)c2cc1OCCCCCCNC(=O)COc1c(Br)cc(/C=C2\C(=O)Nc3ccc(I)cc32)cc1Br. The molecule has 0 aliphatic carbocycles. The van der Waals surface area contributed by atoms with Crippen molar-refractivity contribution in [2.75, 3.05) is 37.5 Å². The van der Waals surface area contributed by atoms with E-state index in [1.54, 1.807) is 19.2 Å². The van der Waals surface area contributed by atoms with Crippen molar-refractivity contribution < 1.29 is 28.2 Å². The lowest BCUT2D eigenvalue weighted by atomic mass is 10.0. The number of hydrogen-bond acceptors (Lipinski definition) is 8. The Bertz CT molecular complexity index is 2200. The van der Waals surface area contributed by atoms with Crippen molar-refractivity contribution in [3.63, 3.8) is 0 Å². The fraction of sp³-hybridized carbons (Fsp3) is 0.211. The van der Waals surface area contributed by atoms with Gasteiger partial charge in [0.15, 0.2) is 18.1 Å². The molecule has 0 radical (unpaired) electrons. The summed E-state index contributed by atoms with van der Waals surface area (Å²) in [6.07, 6.45) is 6.66. The topological polar surface area (TPSA) is 124 Å². The molecule has 3 N–H and O–H groups in total. The van der Waals surface area contributed by atoms with E-state index in [0.717, 1.165) is 46.1 Å². The number of anilines is 3. The lowest BCUT2D eigenvalue weighted by molar-refractivity contribution is -0.123. The molecule has 0 saturated carbocycles. The van der Waals surface area contributed by atoms with Gasteiger partial charge in [-0.1, -0.05) is 24.4 Å². The van der Waals surface area contributed by atoms with E-state index in [1.807, 2.05) is 42.5 Å². The fourth-order valence-corrected chi connectivity index (χ4v) is 7.72. The highest BCUT2D eigenvalue weighted by Crippen LogP contribution is 2.39. The van der Waals surface area contributed by atoms with Crippen LogP contribution in [0.25, 0.3) is 22.6 Å². The number of carbonyl (C=O) groups excluding carboxylic acids is 2. The van der Waals surface area contributed by atoms with Gasteiger partial charge in [0.25, 0.3) is 11.8 Å². The Hall–Kier alpha value is -3.99. The number of unbranched alkanes of at least 4 members (excludes halogenated alkanes) is 3. The van der Waals surface area contributed by atoms with E-state index in [2.05, 4.69) is 80.4 Å². The Morgan fingerprint density at radius 1 is 0.981 bits per heavy atom. The number of hydrogen-bond donors (Lipinski definition) is 3. The largest absolute Gasteiger partial charge is 0.493 e. The van der Waals surface area contributed by atoms with Crippen molar-refractivity contribution in [2.24, 2.45) is 0 Å². The van der Waals surface area contributed by atoms with E-state index in [1.165, 1.54) is 18.5 Å². The maximum Gasteiger partial charge on any atom is 0.257 e. The third-order valence-corrected chi connectivity index (χ3v) is 10.3. The Kier molecular flexibility index (Phi) is 13.1. The summed E-state index contributed by atoms with van der Waals surface area (Å²) in [6, 6.07) is 17.5. The molecule has 1 aliphatic heterocycles. The molecule has 1 aromatic heterocycles. The molecule has 53 heavy (non-hydrogen) atoms. The number of methoxy groups -OCH3 is 1. The van der Waals surface area contributed by atoms with Gasteiger partial charge in [0.05, 0.1) is 33.2 Å². The quantitative estimate of drug-likeness (QED) is 0.0539. The molecule has 6 rings (SSSR count). The molecule has 0 bridgehead atoms. The highest BCUT2D eigenvalue weighted by molar-refractivity contribution is 14.1. The summed E-state index contributed by atoms with van der Waals surface area (Å²) in [5.41, 5.74) is 4.25. The zero-order valence-corrected chi connectivity index (χ0v) is 34.3. The van der Waals surface area contributed by atoms with Crippen LogP contribution in [0.5, 0.6) is 17.2 Å². The average molecular weight is 980 g/mol. The zero-order chi connectivity index (χ0) is 37.5. The number of halogens is 5. The van der Waals surface area contributed by atoms with E-state index in [0.29, 0.717) is 67.3 Å². The Labute approximate surface area is 340 Å². The summed E-state index contributed by atoms with van der Waals surface area (Å²) in [5, 5.41) is 9.68. The molecule has 2 amide bonds. The number of rotatable bonds is 15. The molecule has 4 aromatic carbocycles. The van der Waals surface area contributed by atoms with Crippen molar-refractivity contribution >= 4 is 118 Å². The predicted molar refractivity (Wildman–Crippen MR) is 221 cm³/mol. The van der Waals surface area contributed by atoms with Crippen LogP contribution < -0.4 is 30.2 Å². The summed E-state index contributed by atoms with van der Waals surface area (Å²) in [4.78, 5) is 33.8. The minimum absolute atomic E-state index is 0.00395. The average Bonchev–Trinajstić information content (AvgIpc) is 3.43. The van der Waals surface area contributed by atoms with E-state index in [4.69, 9.17) is 25.8 Å². The fourth-order valence-electron chi connectivity index (χ4n) is 5.60. The van der Waals surface area contributed by atoms with E-state index < -0.39 is 5.82 Å².